The number of nitrogens with zero attached hydrogens (tertiary/aromatic N) is 7. The van der Waals surface area contributed by atoms with Crippen molar-refractivity contribution in [1.29, 1.82) is 0 Å². The molecular formula is C16H14FN7S. The molecule has 126 valence electrons. The monoisotopic (exact) mass is 355 g/mol. The quantitative estimate of drug-likeness (QED) is 0.549. The van der Waals surface area contributed by atoms with Gasteiger partial charge in [-0.2, -0.15) is 0 Å². The molecular weight excluding hydrogens is 341 g/mol. The van der Waals surface area contributed by atoms with Crippen LogP contribution < -0.4 is 9.80 Å². The van der Waals surface area contributed by atoms with Crippen LogP contribution in [0.1, 0.15) is 0 Å². The fourth-order valence-corrected chi connectivity index (χ4v) is 4.15. The Hall–Kier alpha value is -2.81. The zero-order valence-corrected chi connectivity index (χ0v) is 14.0. The molecule has 0 amide bonds. The molecule has 0 spiro atoms. The molecule has 0 radical (unpaired) electrons. The van der Waals surface area contributed by atoms with E-state index in [4.69, 9.17) is 0 Å². The van der Waals surface area contributed by atoms with Gasteiger partial charge in [0.1, 0.15) is 17.7 Å². The summed E-state index contributed by atoms with van der Waals surface area (Å²) >= 11 is 1.53. The summed E-state index contributed by atoms with van der Waals surface area (Å²) in [6.07, 6.45) is 5.27. The molecule has 0 saturated carbocycles. The fraction of sp³-hybridized carbons (Fsp3) is 0.250. The van der Waals surface area contributed by atoms with Gasteiger partial charge >= 0.3 is 0 Å². The van der Waals surface area contributed by atoms with E-state index in [2.05, 4.69) is 30.0 Å². The Labute approximate surface area is 146 Å². The molecule has 1 saturated heterocycles. The van der Waals surface area contributed by atoms with Gasteiger partial charge in [-0.3, -0.25) is 4.40 Å². The Morgan fingerprint density at radius 1 is 1.08 bits per heavy atom. The first-order valence-electron chi connectivity index (χ1n) is 7.99. The maximum Gasteiger partial charge on any atom is 0.203 e. The van der Waals surface area contributed by atoms with Crippen molar-refractivity contribution in [2.24, 2.45) is 0 Å². The lowest BCUT2D eigenvalue weighted by molar-refractivity contribution is 0.634. The summed E-state index contributed by atoms with van der Waals surface area (Å²) in [5, 5.41) is 8.97. The lowest BCUT2D eigenvalue weighted by Gasteiger charge is -2.35. The van der Waals surface area contributed by atoms with Crippen LogP contribution >= 0.6 is 11.3 Å². The first kappa shape index (κ1) is 14.5. The van der Waals surface area contributed by atoms with Crippen molar-refractivity contribution in [3.63, 3.8) is 0 Å². The Morgan fingerprint density at radius 2 is 1.92 bits per heavy atom. The number of rotatable bonds is 2. The van der Waals surface area contributed by atoms with Crippen LogP contribution in [-0.2, 0) is 0 Å². The van der Waals surface area contributed by atoms with Gasteiger partial charge in [0.15, 0.2) is 10.9 Å². The van der Waals surface area contributed by atoms with Crippen LogP contribution in [0.3, 0.4) is 0 Å². The molecule has 25 heavy (non-hydrogen) atoms. The second kappa shape index (κ2) is 5.62. The van der Waals surface area contributed by atoms with Gasteiger partial charge in [0, 0.05) is 38.6 Å². The Balaban J connectivity index is 1.38. The Bertz CT molecular complexity index is 1050. The van der Waals surface area contributed by atoms with E-state index in [0.29, 0.717) is 5.52 Å². The minimum atomic E-state index is -0.263. The van der Waals surface area contributed by atoms with Gasteiger partial charge in [-0.1, -0.05) is 17.4 Å². The lowest BCUT2D eigenvalue weighted by Crippen LogP contribution is -2.47. The molecule has 1 aliphatic rings. The van der Waals surface area contributed by atoms with E-state index in [1.54, 1.807) is 18.6 Å². The van der Waals surface area contributed by atoms with E-state index < -0.39 is 0 Å². The fourth-order valence-electron chi connectivity index (χ4n) is 3.12. The number of para-hydroxylation sites is 1. The number of halogens is 1. The van der Waals surface area contributed by atoms with Crippen LogP contribution in [0.2, 0.25) is 0 Å². The maximum atomic E-state index is 13.9. The zero-order chi connectivity index (χ0) is 16.8. The van der Waals surface area contributed by atoms with Gasteiger partial charge in [0.25, 0.3) is 0 Å². The van der Waals surface area contributed by atoms with E-state index in [1.807, 2.05) is 16.7 Å². The van der Waals surface area contributed by atoms with Crippen molar-refractivity contribution < 1.29 is 4.39 Å². The van der Waals surface area contributed by atoms with Crippen molar-refractivity contribution in [1.82, 2.24) is 24.6 Å². The van der Waals surface area contributed by atoms with Crippen LogP contribution in [0.15, 0.2) is 36.9 Å². The molecule has 4 heterocycles. The summed E-state index contributed by atoms with van der Waals surface area (Å²) in [5.74, 6) is 0.580. The van der Waals surface area contributed by atoms with Crippen molar-refractivity contribution in [2.75, 3.05) is 36.0 Å². The number of hydrogen-bond acceptors (Lipinski definition) is 7. The van der Waals surface area contributed by atoms with E-state index in [1.165, 1.54) is 17.4 Å². The molecule has 0 N–H and O–H groups in total. The van der Waals surface area contributed by atoms with E-state index in [0.717, 1.165) is 47.5 Å². The minimum absolute atomic E-state index is 0.263. The van der Waals surface area contributed by atoms with Crippen LogP contribution in [0.5, 0.6) is 0 Å². The molecule has 1 aliphatic heterocycles. The summed E-state index contributed by atoms with van der Waals surface area (Å²) in [7, 11) is 0. The van der Waals surface area contributed by atoms with Crippen LogP contribution in [0.4, 0.5) is 15.3 Å². The molecule has 4 aromatic rings. The number of thiazole rings is 1. The topological polar surface area (TPSA) is 62.5 Å². The smallest absolute Gasteiger partial charge is 0.203 e. The SMILES string of the molecule is Fc1cccc2sc(N3CCN(c4nccn5cnnc45)CC3)nc12. The van der Waals surface area contributed by atoms with Crippen molar-refractivity contribution in [3.8, 4) is 0 Å². The third-order valence-corrected chi connectivity index (χ3v) is 5.49. The number of hydrogen-bond donors (Lipinski definition) is 0. The molecule has 1 aromatic carbocycles. The average molecular weight is 355 g/mol. The van der Waals surface area contributed by atoms with Crippen molar-refractivity contribution in [2.45, 2.75) is 0 Å². The molecule has 9 heteroatoms. The highest BCUT2D eigenvalue weighted by Crippen LogP contribution is 2.31. The van der Waals surface area contributed by atoms with Crippen LogP contribution in [-0.4, -0.2) is 50.7 Å². The van der Waals surface area contributed by atoms with Gasteiger partial charge in [-0.05, 0) is 12.1 Å². The lowest BCUT2D eigenvalue weighted by atomic mass is 10.3. The number of piperazine rings is 1. The standard InChI is InChI=1S/C16H14FN7S/c17-11-2-1-3-12-13(11)20-16(25-12)23-8-6-22(7-9-23)14-15-21-19-10-24(15)5-4-18-14/h1-5,10H,6-9H2. The van der Waals surface area contributed by atoms with Crippen molar-refractivity contribution in [3.05, 3.63) is 42.7 Å². The first-order valence-corrected chi connectivity index (χ1v) is 8.80. The van der Waals surface area contributed by atoms with Gasteiger partial charge in [-0.25, -0.2) is 14.4 Å². The normalized spacial score (nSPS) is 15.4. The third kappa shape index (κ3) is 2.39. The summed E-state index contributed by atoms with van der Waals surface area (Å²) < 4.78 is 16.6. The first-order chi connectivity index (χ1) is 12.3. The second-order valence-corrected chi connectivity index (χ2v) is 6.88. The third-order valence-electron chi connectivity index (χ3n) is 4.41. The molecule has 0 bridgehead atoms. The van der Waals surface area contributed by atoms with E-state index >= 15 is 0 Å². The zero-order valence-electron chi connectivity index (χ0n) is 13.2. The highest BCUT2D eigenvalue weighted by Gasteiger charge is 2.23. The summed E-state index contributed by atoms with van der Waals surface area (Å²) in [6, 6.07) is 5.09. The van der Waals surface area contributed by atoms with Gasteiger partial charge in [0.05, 0.1) is 4.70 Å². The van der Waals surface area contributed by atoms with Crippen molar-refractivity contribution >= 4 is 38.2 Å². The Morgan fingerprint density at radius 3 is 2.76 bits per heavy atom. The highest BCUT2D eigenvalue weighted by atomic mass is 32.1. The van der Waals surface area contributed by atoms with Crippen LogP contribution in [0.25, 0.3) is 15.9 Å². The van der Waals surface area contributed by atoms with E-state index in [-0.39, 0.29) is 5.82 Å². The molecule has 3 aromatic heterocycles. The second-order valence-electron chi connectivity index (χ2n) is 5.87. The van der Waals surface area contributed by atoms with Gasteiger partial charge in [-0.15, -0.1) is 10.2 Å². The van der Waals surface area contributed by atoms with Gasteiger partial charge in [0.2, 0.25) is 5.65 Å². The molecule has 0 atom stereocenters. The molecule has 5 rings (SSSR count). The molecule has 0 unspecified atom stereocenters. The predicted octanol–water partition coefficient (Wildman–Crippen LogP) is 2.20. The average Bonchev–Trinajstić information content (AvgIpc) is 3.29. The molecule has 7 nitrogen and oxygen atoms in total. The number of benzene rings is 1. The molecule has 1 fully saturated rings. The summed E-state index contributed by atoms with van der Waals surface area (Å²) in [4.78, 5) is 13.4. The summed E-state index contributed by atoms with van der Waals surface area (Å²) in [5.41, 5.74) is 1.22. The number of fused-ring (bicyclic) bond motifs is 2. The summed E-state index contributed by atoms with van der Waals surface area (Å²) in [6.45, 7) is 3.21. The maximum absolute atomic E-state index is 13.9. The van der Waals surface area contributed by atoms with Gasteiger partial charge < -0.3 is 9.80 Å². The van der Waals surface area contributed by atoms with Crippen LogP contribution in [0, 0.1) is 5.82 Å². The minimum Gasteiger partial charge on any atom is -0.350 e. The predicted molar refractivity (Wildman–Crippen MR) is 94.8 cm³/mol. The number of anilines is 2. The number of aromatic nitrogens is 5. The highest BCUT2D eigenvalue weighted by molar-refractivity contribution is 7.22. The largest absolute Gasteiger partial charge is 0.350 e. The van der Waals surface area contributed by atoms with E-state index in [9.17, 15) is 4.39 Å². The Kier molecular flexibility index (Phi) is 3.27. The molecule has 0 aliphatic carbocycles.